The highest BCUT2D eigenvalue weighted by atomic mass is 16.3. The highest BCUT2D eigenvalue weighted by Gasteiger charge is 2.35. The molecule has 94 valence electrons. The molecular weight excluding hydrogens is 202 g/mol. The molecule has 1 unspecified atom stereocenters. The van der Waals surface area contributed by atoms with Crippen molar-refractivity contribution in [2.75, 3.05) is 26.2 Å². The van der Waals surface area contributed by atoms with Crippen molar-refractivity contribution >= 4 is 0 Å². The first kappa shape index (κ1) is 12.3. The predicted octanol–water partition coefficient (Wildman–Crippen LogP) is 1.39. The quantitative estimate of drug-likeness (QED) is 0.765. The lowest BCUT2D eigenvalue weighted by Crippen LogP contribution is -2.44. The van der Waals surface area contributed by atoms with Crippen molar-refractivity contribution in [2.24, 2.45) is 5.41 Å². The fourth-order valence-electron chi connectivity index (χ4n) is 3.37. The van der Waals surface area contributed by atoms with Gasteiger partial charge in [-0.25, -0.2) is 0 Å². The summed E-state index contributed by atoms with van der Waals surface area (Å²) in [6.45, 7) is 2.75. The summed E-state index contributed by atoms with van der Waals surface area (Å²) >= 11 is 0. The summed E-state index contributed by atoms with van der Waals surface area (Å²) in [4.78, 5) is 2.31. The maximum Gasteiger partial charge on any atom is 0.0897 e. The topological polar surface area (TPSA) is 43.7 Å². The van der Waals surface area contributed by atoms with Crippen LogP contribution in [-0.2, 0) is 0 Å². The highest BCUT2D eigenvalue weighted by Crippen LogP contribution is 2.44. The summed E-state index contributed by atoms with van der Waals surface area (Å²) in [5.41, 5.74) is 0.638. The number of nitrogens with zero attached hydrogens (tertiary/aromatic N) is 1. The van der Waals surface area contributed by atoms with Crippen LogP contribution in [0, 0.1) is 5.41 Å². The Hall–Kier alpha value is -0.120. The Labute approximate surface area is 98.5 Å². The molecule has 0 aromatic heterocycles. The van der Waals surface area contributed by atoms with Crippen molar-refractivity contribution in [3.8, 4) is 0 Å². The Bertz CT molecular complexity index is 204. The van der Waals surface area contributed by atoms with Gasteiger partial charge in [0, 0.05) is 6.54 Å². The van der Waals surface area contributed by atoms with E-state index in [1.54, 1.807) is 0 Å². The molecule has 1 spiro atoms. The van der Waals surface area contributed by atoms with Crippen molar-refractivity contribution in [3.63, 3.8) is 0 Å². The van der Waals surface area contributed by atoms with Crippen LogP contribution in [-0.4, -0.2) is 47.5 Å². The molecule has 1 saturated heterocycles. The Balaban J connectivity index is 1.77. The number of likely N-dealkylation sites (tertiary alicyclic amines) is 1. The van der Waals surface area contributed by atoms with Gasteiger partial charge in [0.2, 0.25) is 0 Å². The van der Waals surface area contributed by atoms with Crippen LogP contribution in [0.5, 0.6) is 0 Å². The third kappa shape index (κ3) is 2.96. The maximum atomic E-state index is 9.42. The predicted molar refractivity (Wildman–Crippen MR) is 64.3 cm³/mol. The molecule has 2 rings (SSSR count). The minimum absolute atomic E-state index is 0.109. The van der Waals surface area contributed by atoms with E-state index in [0.717, 1.165) is 13.1 Å². The maximum absolute atomic E-state index is 9.42. The first-order valence-corrected chi connectivity index (χ1v) is 6.75. The lowest BCUT2D eigenvalue weighted by Gasteiger charge is -2.44. The van der Waals surface area contributed by atoms with E-state index in [9.17, 15) is 5.11 Å². The molecule has 0 radical (unpaired) electrons. The van der Waals surface area contributed by atoms with E-state index in [0.29, 0.717) is 12.0 Å². The summed E-state index contributed by atoms with van der Waals surface area (Å²) in [5, 5.41) is 18.3. The molecule has 2 N–H and O–H groups in total. The van der Waals surface area contributed by atoms with Gasteiger partial charge in [-0.05, 0) is 44.2 Å². The second-order valence-corrected chi connectivity index (χ2v) is 5.70. The third-order valence-corrected chi connectivity index (χ3v) is 4.51. The van der Waals surface area contributed by atoms with Gasteiger partial charge in [0.05, 0.1) is 12.7 Å². The summed E-state index contributed by atoms with van der Waals surface area (Å²) in [6.07, 6.45) is 9.14. The van der Waals surface area contributed by atoms with Crippen molar-refractivity contribution in [2.45, 2.75) is 51.0 Å². The number of hydrogen-bond acceptors (Lipinski definition) is 3. The summed E-state index contributed by atoms with van der Waals surface area (Å²) in [5.74, 6) is 0. The molecule has 1 aliphatic carbocycles. The van der Waals surface area contributed by atoms with Crippen LogP contribution in [0.2, 0.25) is 0 Å². The Morgan fingerprint density at radius 1 is 1.00 bits per heavy atom. The number of aliphatic hydroxyl groups excluding tert-OH is 2. The lowest BCUT2D eigenvalue weighted by molar-refractivity contribution is 0.0196. The molecule has 2 fully saturated rings. The van der Waals surface area contributed by atoms with Crippen molar-refractivity contribution < 1.29 is 10.2 Å². The molecule has 1 aliphatic heterocycles. The molecule has 1 heterocycles. The van der Waals surface area contributed by atoms with Gasteiger partial charge in [0.25, 0.3) is 0 Å². The molecule has 3 nitrogen and oxygen atoms in total. The highest BCUT2D eigenvalue weighted by molar-refractivity contribution is 4.88. The normalized spacial score (nSPS) is 28.1. The van der Waals surface area contributed by atoms with Crippen LogP contribution in [0.1, 0.15) is 44.9 Å². The van der Waals surface area contributed by atoms with E-state index < -0.39 is 6.10 Å². The van der Waals surface area contributed by atoms with Crippen LogP contribution >= 0.6 is 0 Å². The standard InChI is InChI=1S/C13H25NO2/c15-11-12(16)10-14-8-6-13(7-9-14)4-2-1-3-5-13/h12,15-16H,1-11H2. The zero-order valence-corrected chi connectivity index (χ0v) is 10.2. The van der Waals surface area contributed by atoms with Gasteiger partial charge in [0.15, 0.2) is 0 Å². The molecule has 0 aromatic carbocycles. The first-order valence-electron chi connectivity index (χ1n) is 6.75. The molecule has 16 heavy (non-hydrogen) atoms. The molecule has 0 amide bonds. The second kappa shape index (κ2) is 5.48. The van der Waals surface area contributed by atoms with E-state index in [1.807, 2.05) is 0 Å². The minimum atomic E-state index is -0.555. The smallest absolute Gasteiger partial charge is 0.0897 e. The molecule has 0 bridgehead atoms. The fourth-order valence-corrected chi connectivity index (χ4v) is 3.37. The monoisotopic (exact) mass is 227 g/mol. The van der Waals surface area contributed by atoms with Crippen LogP contribution in [0.25, 0.3) is 0 Å². The van der Waals surface area contributed by atoms with Gasteiger partial charge in [-0.3, -0.25) is 0 Å². The summed E-state index contributed by atoms with van der Waals surface area (Å²) in [6, 6.07) is 0. The Morgan fingerprint density at radius 3 is 2.19 bits per heavy atom. The van der Waals surface area contributed by atoms with Crippen LogP contribution in [0.15, 0.2) is 0 Å². The Morgan fingerprint density at radius 2 is 1.62 bits per heavy atom. The molecule has 2 aliphatic rings. The van der Waals surface area contributed by atoms with Gasteiger partial charge < -0.3 is 15.1 Å². The van der Waals surface area contributed by atoms with Gasteiger partial charge in [-0.15, -0.1) is 0 Å². The van der Waals surface area contributed by atoms with Gasteiger partial charge in [0.1, 0.15) is 0 Å². The van der Waals surface area contributed by atoms with E-state index in [1.165, 1.54) is 44.9 Å². The number of rotatable bonds is 3. The molecule has 3 heteroatoms. The molecule has 1 atom stereocenters. The average Bonchev–Trinajstić information content (AvgIpc) is 2.33. The van der Waals surface area contributed by atoms with Crippen LogP contribution in [0.4, 0.5) is 0 Å². The molecule has 1 saturated carbocycles. The Kier molecular flexibility index (Phi) is 4.22. The number of piperidine rings is 1. The van der Waals surface area contributed by atoms with Gasteiger partial charge in [-0.1, -0.05) is 19.3 Å². The summed E-state index contributed by atoms with van der Waals surface area (Å²) < 4.78 is 0. The zero-order valence-electron chi connectivity index (χ0n) is 10.2. The van der Waals surface area contributed by atoms with Gasteiger partial charge in [-0.2, -0.15) is 0 Å². The van der Waals surface area contributed by atoms with Crippen molar-refractivity contribution in [3.05, 3.63) is 0 Å². The largest absolute Gasteiger partial charge is 0.394 e. The second-order valence-electron chi connectivity index (χ2n) is 5.70. The van der Waals surface area contributed by atoms with Crippen molar-refractivity contribution in [1.29, 1.82) is 0 Å². The van der Waals surface area contributed by atoms with E-state index in [4.69, 9.17) is 5.11 Å². The van der Waals surface area contributed by atoms with Crippen LogP contribution < -0.4 is 0 Å². The van der Waals surface area contributed by atoms with Crippen LogP contribution in [0.3, 0.4) is 0 Å². The van der Waals surface area contributed by atoms with E-state index in [2.05, 4.69) is 4.90 Å². The van der Waals surface area contributed by atoms with Gasteiger partial charge >= 0.3 is 0 Å². The average molecular weight is 227 g/mol. The van der Waals surface area contributed by atoms with Crippen molar-refractivity contribution in [1.82, 2.24) is 4.90 Å². The molecular formula is C13H25NO2. The minimum Gasteiger partial charge on any atom is -0.394 e. The number of β-amino-alcohol motifs (C(OH)–C–C–N with tert-alkyl or cyclic N) is 1. The third-order valence-electron chi connectivity index (χ3n) is 4.51. The fraction of sp³-hybridized carbons (Fsp3) is 1.00. The first-order chi connectivity index (χ1) is 7.74. The van der Waals surface area contributed by atoms with E-state index in [-0.39, 0.29) is 6.61 Å². The summed E-state index contributed by atoms with van der Waals surface area (Å²) in [7, 11) is 0. The molecule has 0 aromatic rings. The SMILES string of the molecule is OCC(O)CN1CCC2(CCCCC2)CC1. The zero-order chi connectivity index (χ0) is 11.4. The number of hydrogen-bond donors (Lipinski definition) is 2. The van der Waals surface area contributed by atoms with E-state index >= 15 is 0 Å². The lowest BCUT2D eigenvalue weighted by atomic mass is 9.68. The number of aliphatic hydroxyl groups is 2.